The highest BCUT2D eigenvalue weighted by Crippen LogP contribution is 2.36. The number of anilines is 6. The van der Waals surface area contributed by atoms with E-state index in [1.54, 1.807) is 0 Å². The van der Waals surface area contributed by atoms with Crippen LogP contribution in [0.4, 0.5) is 34.1 Å². The number of aryl methyl sites for hydroxylation is 4. The van der Waals surface area contributed by atoms with Gasteiger partial charge in [-0.2, -0.15) is 0 Å². The minimum Gasteiger partial charge on any atom is -0.311 e. The molecule has 0 aliphatic rings. The molecule has 212 valence electrons. The first kappa shape index (κ1) is 28.1. The van der Waals surface area contributed by atoms with Crippen molar-refractivity contribution in [1.82, 2.24) is 0 Å². The summed E-state index contributed by atoms with van der Waals surface area (Å²) in [6.07, 6.45) is 0.880. The highest BCUT2D eigenvalue weighted by Gasteiger charge is 2.14. The van der Waals surface area contributed by atoms with E-state index in [4.69, 9.17) is 0 Å². The molecule has 0 N–H and O–H groups in total. The predicted molar refractivity (Wildman–Crippen MR) is 184 cm³/mol. The van der Waals surface area contributed by atoms with E-state index in [1.165, 1.54) is 33.4 Å². The lowest BCUT2D eigenvalue weighted by Gasteiger charge is -2.26. The molecule has 2 heteroatoms. The van der Waals surface area contributed by atoms with Gasteiger partial charge in [0.05, 0.1) is 0 Å². The number of hydrogen-bond acceptors (Lipinski definition) is 2. The Morgan fingerprint density at radius 3 is 0.674 bits per heavy atom. The second-order valence-electron chi connectivity index (χ2n) is 11.5. The fraction of sp³-hybridized carbons (Fsp3) is 0.122. The quantitative estimate of drug-likeness (QED) is 0.183. The zero-order chi connectivity index (χ0) is 29.8. The third kappa shape index (κ3) is 6.55. The third-order valence-corrected chi connectivity index (χ3v) is 7.97. The summed E-state index contributed by atoms with van der Waals surface area (Å²) in [7, 11) is 0. The highest BCUT2D eigenvalue weighted by molar-refractivity contribution is 5.78. The molecule has 6 aromatic rings. The Balaban J connectivity index is 1.24. The summed E-state index contributed by atoms with van der Waals surface area (Å²) < 4.78 is 0. The van der Waals surface area contributed by atoms with Crippen molar-refractivity contribution in [1.29, 1.82) is 0 Å². The molecular weight excluding hydrogens is 520 g/mol. The first-order valence-corrected chi connectivity index (χ1v) is 15.0. The topological polar surface area (TPSA) is 6.48 Å². The molecule has 0 saturated carbocycles. The molecule has 0 radical (unpaired) electrons. The van der Waals surface area contributed by atoms with Crippen molar-refractivity contribution < 1.29 is 0 Å². The van der Waals surface area contributed by atoms with E-state index in [9.17, 15) is 0 Å². The summed E-state index contributed by atoms with van der Waals surface area (Å²) in [5.74, 6) is 0. The van der Waals surface area contributed by atoms with Crippen LogP contribution < -0.4 is 9.80 Å². The van der Waals surface area contributed by atoms with E-state index in [0.717, 1.165) is 40.5 Å². The van der Waals surface area contributed by atoms with E-state index in [1.807, 2.05) is 0 Å². The molecule has 0 heterocycles. The second kappa shape index (κ2) is 12.4. The minimum absolute atomic E-state index is 0.880. The van der Waals surface area contributed by atoms with E-state index < -0.39 is 0 Å². The van der Waals surface area contributed by atoms with Crippen LogP contribution in [0, 0.1) is 27.7 Å². The smallest absolute Gasteiger partial charge is 0.0461 e. The van der Waals surface area contributed by atoms with Crippen LogP contribution in [0.15, 0.2) is 146 Å². The summed E-state index contributed by atoms with van der Waals surface area (Å²) in [5, 5.41) is 0. The van der Waals surface area contributed by atoms with Crippen molar-refractivity contribution in [2.24, 2.45) is 0 Å². The van der Waals surface area contributed by atoms with Gasteiger partial charge >= 0.3 is 0 Å². The van der Waals surface area contributed by atoms with Crippen molar-refractivity contribution >= 4 is 34.1 Å². The first-order valence-electron chi connectivity index (χ1n) is 15.0. The number of rotatable bonds is 8. The SMILES string of the molecule is Cc1ccc(N(c2ccc(C)cc2)c2ccc(Cc3ccc(N(c4ccc(C)cc4)c4ccc(C)cc4)cc3)cc2)cc1. The Kier molecular flexibility index (Phi) is 8.11. The van der Waals surface area contributed by atoms with Gasteiger partial charge in [0.15, 0.2) is 0 Å². The molecule has 0 spiro atoms. The standard InChI is InChI=1S/C41H38N2/c1-30-5-17-36(18-6-30)42(37-19-7-31(2)8-20-37)40-25-13-34(14-26-40)29-35-15-27-41(28-16-35)43(38-21-9-32(3)10-22-38)39-23-11-33(4)12-24-39/h5-28H,29H2,1-4H3. The summed E-state index contributed by atoms with van der Waals surface area (Å²) in [6, 6.07) is 52.9. The minimum atomic E-state index is 0.880. The van der Waals surface area contributed by atoms with Gasteiger partial charge < -0.3 is 9.80 Å². The van der Waals surface area contributed by atoms with Gasteiger partial charge in [0.2, 0.25) is 0 Å². The molecule has 0 unspecified atom stereocenters. The molecule has 0 fully saturated rings. The zero-order valence-corrected chi connectivity index (χ0v) is 25.5. The fourth-order valence-electron chi connectivity index (χ4n) is 5.43. The van der Waals surface area contributed by atoms with E-state index >= 15 is 0 Å². The van der Waals surface area contributed by atoms with Crippen LogP contribution >= 0.6 is 0 Å². The molecule has 2 nitrogen and oxygen atoms in total. The predicted octanol–water partition coefficient (Wildman–Crippen LogP) is 11.5. The van der Waals surface area contributed by atoms with Crippen LogP contribution in [0.5, 0.6) is 0 Å². The second-order valence-corrected chi connectivity index (χ2v) is 11.5. The molecule has 0 saturated heterocycles. The molecule has 0 bridgehead atoms. The average Bonchev–Trinajstić information content (AvgIpc) is 3.03. The fourth-order valence-corrected chi connectivity index (χ4v) is 5.43. The van der Waals surface area contributed by atoms with Crippen LogP contribution in [0.3, 0.4) is 0 Å². The van der Waals surface area contributed by atoms with Crippen LogP contribution in [0.1, 0.15) is 33.4 Å². The molecule has 0 amide bonds. The van der Waals surface area contributed by atoms with Gasteiger partial charge in [-0.1, -0.05) is 95.1 Å². The van der Waals surface area contributed by atoms with Gasteiger partial charge in [0.25, 0.3) is 0 Å². The maximum atomic E-state index is 2.32. The molecule has 6 rings (SSSR count). The van der Waals surface area contributed by atoms with E-state index in [2.05, 4.69) is 183 Å². The first-order chi connectivity index (χ1) is 20.9. The van der Waals surface area contributed by atoms with Crippen molar-refractivity contribution in [2.75, 3.05) is 9.80 Å². The Morgan fingerprint density at radius 1 is 0.279 bits per heavy atom. The van der Waals surface area contributed by atoms with Crippen molar-refractivity contribution in [3.63, 3.8) is 0 Å². The molecule has 0 aliphatic heterocycles. The van der Waals surface area contributed by atoms with E-state index in [-0.39, 0.29) is 0 Å². The summed E-state index contributed by atoms with van der Waals surface area (Å²) in [5.41, 5.74) is 14.5. The molecule has 0 atom stereocenters. The lowest BCUT2D eigenvalue weighted by molar-refractivity contribution is 1.18. The van der Waals surface area contributed by atoms with E-state index in [0.29, 0.717) is 0 Å². The highest BCUT2D eigenvalue weighted by atomic mass is 15.1. The van der Waals surface area contributed by atoms with Gasteiger partial charge in [-0.3, -0.25) is 0 Å². The number of benzene rings is 6. The Hall–Kier alpha value is -5.08. The molecular formula is C41H38N2. The normalized spacial score (nSPS) is 10.9. The third-order valence-electron chi connectivity index (χ3n) is 7.97. The Labute approximate surface area is 256 Å². The van der Waals surface area contributed by atoms with Crippen LogP contribution in [-0.4, -0.2) is 0 Å². The average molecular weight is 559 g/mol. The maximum absolute atomic E-state index is 2.32. The van der Waals surface area contributed by atoms with Crippen LogP contribution in [-0.2, 0) is 6.42 Å². The van der Waals surface area contributed by atoms with Crippen molar-refractivity contribution in [3.05, 3.63) is 179 Å². The lowest BCUT2D eigenvalue weighted by Crippen LogP contribution is -2.10. The van der Waals surface area contributed by atoms with Gasteiger partial charge in [-0.05, 0) is 118 Å². The van der Waals surface area contributed by atoms with Gasteiger partial charge in [-0.15, -0.1) is 0 Å². The van der Waals surface area contributed by atoms with Gasteiger partial charge in [0, 0.05) is 34.1 Å². The Bertz CT molecular complexity index is 1540. The zero-order valence-electron chi connectivity index (χ0n) is 25.5. The summed E-state index contributed by atoms with van der Waals surface area (Å²) in [6.45, 7) is 8.52. The van der Waals surface area contributed by atoms with Crippen molar-refractivity contribution in [3.8, 4) is 0 Å². The largest absolute Gasteiger partial charge is 0.311 e. The van der Waals surface area contributed by atoms with Crippen LogP contribution in [0.2, 0.25) is 0 Å². The van der Waals surface area contributed by atoms with Crippen LogP contribution in [0.25, 0.3) is 0 Å². The molecule has 43 heavy (non-hydrogen) atoms. The lowest BCUT2D eigenvalue weighted by atomic mass is 10.0. The monoisotopic (exact) mass is 558 g/mol. The number of nitrogens with zero attached hydrogens (tertiary/aromatic N) is 2. The maximum Gasteiger partial charge on any atom is 0.0461 e. The van der Waals surface area contributed by atoms with Gasteiger partial charge in [-0.25, -0.2) is 0 Å². The summed E-state index contributed by atoms with van der Waals surface area (Å²) >= 11 is 0. The summed E-state index contributed by atoms with van der Waals surface area (Å²) in [4.78, 5) is 4.64. The molecule has 6 aromatic carbocycles. The van der Waals surface area contributed by atoms with Gasteiger partial charge in [0.1, 0.15) is 0 Å². The van der Waals surface area contributed by atoms with Crippen molar-refractivity contribution in [2.45, 2.75) is 34.1 Å². The molecule has 0 aliphatic carbocycles. The molecule has 0 aromatic heterocycles. The number of hydrogen-bond donors (Lipinski definition) is 0. The Morgan fingerprint density at radius 2 is 0.465 bits per heavy atom.